The molecule has 0 aromatic heterocycles. The fourth-order valence-corrected chi connectivity index (χ4v) is 2.47. The zero-order chi connectivity index (χ0) is 10.3. The minimum absolute atomic E-state index is 0.206. The maximum absolute atomic E-state index is 5.50. The molecule has 0 fully saturated rings. The summed E-state index contributed by atoms with van der Waals surface area (Å²) in [7, 11) is 0. The number of alkyl halides is 1. The van der Waals surface area contributed by atoms with Crippen LogP contribution in [0.15, 0.2) is 0 Å². The van der Waals surface area contributed by atoms with Gasteiger partial charge >= 0.3 is 0 Å². The Morgan fingerprint density at radius 1 is 1.08 bits per heavy atom. The first-order chi connectivity index (χ1) is 6.14. The molecule has 0 rings (SSSR count). The fraction of sp³-hybridized carbons (Fsp3) is 1.00. The molecule has 0 aliphatic heterocycles. The van der Waals surface area contributed by atoms with E-state index in [1.165, 1.54) is 19.6 Å². The van der Waals surface area contributed by atoms with Crippen LogP contribution < -0.4 is 0 Å². The van der Waals surface area contributed by atoms with Crippen LogP contribution in [0.5, 0.6) is 0 Å². The predicted molar refractivity (Wildman–Crippen MR) is 61.1 cm³/mol. The van der Waals surface area contributed by atoms with Crippen molar-refractivity contribution in [1.82, 2.24) is 0 Å². The third-order valence-corrected chi connectivity index (χ3v) is 3.44. The molecule has 0 aromatic rings. The van der Waals surface area contributed by atoms with Gasteiger partial charge in [-0.2, -0.15) is 0 Å². The van der Waals surface area contributed by atoms with E-state index in [0.717, 1.165) is 17.6 Å². The zero-order valence-corrected chi connectivity index (χ0v) is 10.9. The van der Waals surface area contributed by atoms with Gasteiger partial charge < -0.3 is 9.22 Å². The third kappa shape index (κ3) is 4.43. The molecule has 2 nitrogen and oxygen atoms in total. The van der Waals surface area contributed by atoms with E-state index in [1.54, 1.807) is 0 Å². The van der Waals surface area contributed by atoms with Gasteiger partial charge in [-0.05, 0) is 27.7 Å². The van der Waals surface area contributed by atoms with Gasteiger partial charge in [-0.3, -0.25) is 0 Å². The Morgan fingerprint density at radius 2 is 1.54 bits per heavy atom. The van der Waals surface area contributed by atoms with Crippen molar-refractivity contribution in [1.29, 1.82) is 0 Å². The monoisotopic (exact) mass is 252 g/mol. The first kappa shape index (κ1) is 13.4. The Balaban J connectivity index is 4.07. The van der Waals surface area contributed by atoms with Gasteiger partial charge in [0.25, 0.3) is 0 Å². The maximum atomic E-state index is 5.50. The average Bonchev–Trinajstić information content (AvgIpc) is 2.15. The predicted octanol–water partition coefficient (Wildman–Crippen LogP) is 2.62. The molecule has 0 amide bonds. The van der Waals surface area contributed by atoms with E-state index in [9.17, 15) is 0 Å². The molecule has 0 saturated carbocycles. The summed E-state index contributed by atoms with van der Waals surface area (Å²) in [5.41, 5.74) is 0. The van der Waals surface area contributed by atoms with Gasteiger partial charge in [0.15, 0.2) is 5.01 Å². The number of rotatable bonds is 7. The van der Waals surface area contributed by atoms with Crippen LogP contribution in [0, 0.1) is 0 Å². The van der Waals surface area contributed by atoms with E-state index in [2.05, 4.69) is 36.7 Å². The number of likely N-dealkylation sites (N-methyl/N-ethyl adjacent to an activating group) is 1. The van der Waals surface area contributed by atoms with Gasteiger partial charge in [0.1, 0.15) is 6.54 Å². The molecule has 0 aliphatic carbocycles. The zero-order valence-electron chi connectivity index (χ0n) is 9.35. The molecule has 13 heavy (non-hydrogen) atoms. The number of halogens is 1. The lowest BCUT2D eigenvalue weighted by Crippen LogP contribution is -2.51. The molecule has 0 saturated heterocycles. The van der Waals surface area contributed by atoms with Crippen LogP contribution in [0.25, 0.3) is 0 Å². The van der Waals surface area contributed by atoms with Crippen LogP contribution in [0.3, 0.4) is 0 Å². The van der Waals surface area contributed by atoms with Crippen LogP contribution in [-0.2, 0) is 4.74 Å². The van der Waals surface area contributed by atoms with Crippen LogP contribution >= 0.6 is 15.9 Å². The summed E-state index contributed by atoms with van der Waals surface area (Å²) in [4.78, 5) is 0. The molecule has 1 unspecified atom stereocenters. The van der Waals surface area contributed by atoms with Gasteiger partial charge in [-0.25, -0.2) is 0 Å². The smallest absolute Gasteiger partial charge is 0.161 e. The van der Waals surface area contributed by atoms with Crippen molar-refractivity contribution in [3.05, 3.63) is 0 Å². The third-order valence-electron chi connectivity index (χ3n) is 2.89. The standard InChI is InChI=1S/C10H23BrNO/c1-5-12(6-2,7-3)9-10(11)13-8-4/h10H,5-9H2,1-4H3/q+1. The summed E-state index contributed by atoms with van der Waals surface area (Å²) < 4.78 is 6.64. The van der Waals surface area contributed by atoms with Gasteiger partial charge in [-0.15, -0.1) is 0 Å². The van der Waals surface area contributed by atoms with E-state index in [4.69, 9.17) is 4.74 Å². The highest BCUT2D eigenvalue weighted by Crippen LogP contribution is 2.13. The van der Waals surface area contributed by atoms with Crippen LogP contribution in [-0.4, -0.2) is 42.3 Å². The van der Waals surface area contributed by atoms with Crippen molar-refractivity contribution in [3.63, 3.8) is 0 Å². The Labute approximate surface area is 91.0 Å². The molecule has 80 valence electrons. The lowest BCUT2D eigenvalue weighted by molar-refractivity contribution is -0.924. The Morgan fingerprint density at radius 3 is 1.85 bits per heavy atom. The number of ether oxygens (including phenoxy) is 1. The molecule has 0 bridgehead atoms. The van der Waals surface area contributed by atoms with E-state index in [-0.39, 0.29) is 5.01 Å². The van der Waals surface area contributed by atoms with Gasteiger partial charge in [0.05, 0.1) is 19.6 Å². The quantitative estimate of drug-likeness (QED) is 0.500. The Kier molecular flexibility index (Phi) is 7.00. The average molecular weight is 253 g/mol. The van der Waals surface area contributed by atoms with E-state index < -0.39 is 0 Å². The van der Waals surface area contributed by atoms with E-state index >= 15 is 0 Å². The molecular weight excluding hydrogens is 230 g/mol. The molecule has 0 aliphatic rings. The highest BCUT2D eigenvalue weighted by Gasteiger charge is 2.24. The fourth-order valence-electron chi connectivity index (χ4n) is 1.60. The van der Waals surface area contributed by atoms with Crippen molar-refractivity contribution < 1.29 is 9.22 Å². The molecular formula is C10H23BrNO+. The first-order valence-corrected chi connectivity index (χ1v) is 6.16. The van der Waals surface area contributed by atoms with Crippen LogP contribution in [0.2, 0.25) is 0 Å². The Bertz CT molecular complexity index is 118. The number of quaternary nitrogens is 1. The molecule has 0 radical (unpaired) electrons. The second-order valence-electron chi connectivity index (χ2n) is 3.34. The van der Waals surface area contributed by atoms with Crippen LogP contribution in [0.4, 0.5) is 0 Å². The summed E-state index contributed by atoms with van der Waals surface area (Å²) in [5, 5.41) is 0.206. The van der Waals surface area contributed by atoms with Crippen molar-refractivity contribution in [2.24, 2.45) is 0 Å². The number of hydrogen-bond acceptors (Lipinski definition) is 1. The summed E-state index contributed by atoms with van der Waals surface area (Å²) in [6.45, 7) is 14.2. The first-order valence-electron chi connectivity index (χ1n) is 5.24. The van der Waals surface area contributed by atoms with Crippen molar-refractivity contribution in [2.75, 3.05) is 32.8 Å². The second kappa shape index (κ2) is 6.80. The van der Waals surface area contributed by atoms with Gasteiger partial charge in [0.2, 0.25) is 0 Å². The topological polar surface area (TPSA) is 9.23 Å². The molecule has 0 N–H and O–H groups in total. The molecule has 0 heterocycles. The van der Waals surface area contributed by atoms with Crippen molar-refractivity contribution >= 4 is 15.9 Å². The minimum atomic E-state index is 0.206. The number of hydrogen-bond donors (Lipinski definition) is 0. The van der Waals surface area contributed by atoms with E-state index in [1.807, 2.05) is 6.92 Å². The lowest BCUT2D eigenvalue weighted by Gasteiger charge is -2.37. The van der Waals surface area contributed by atoms with Crippen molar-refractivity contribution in [3.8, 4) is 0 Å². The summed E-state index contributed by atoms with van der Waals surface area (Å²) in [6.07, 6.45) is 0. The summed E-state index contributed by atoms with van der Waals surface area (Å²) >= 11 is 3.56. The molecule has 3 heteroatoms. The highest BCUT2D eigenvalue weighted by molar-refractivity contribution is 9.09. The second-order valence-corrected chi connectivity index (χ2v) is 4.36. The van der Waals surface area contributed by atoms with E-state index in [0.29, 0.717) is 0 Å². The highest BCUT2D eigenvalue weighted by atomic mass is 79.9. The normalized spacial score (nSPS) is 14.5. The minimum Gasteiger partial charge on any atom is -0.361 e. The van der Waals surface area contributed by atoms with Gasteiger partial charge in [-0.1, -0.05) is 15.9 Å². The van der Waals surface area contributed by atoms with Crippen molar-refractivity contribution in [2.45, 2.75) is 32.7 Å². The molecule has 1 atom stereocenters. The maximum Gasteiger partial charge on any atom is 0.161 e. The van der Waals surface area contributed by atoms with Gasteiger partial charge in [0, 0.05) is 6.61 Å². The molecule has 0 spiro atoms. The Hall–Kier alpha value is 0.400. The molecule has 0 aromatic carbocycles. The summed E-state index contributed by atoms with van der Waals surface area (Å²) in [6, 6.07) is 0. The lowest BCUT2D eigenvalue weighted by atomic mass is 10.3. The summed E-state index contributed by atoms with van der Waals surface area (Å²) in [5.74, 6) is 0. The largest absolute Gasteiger partial charge is 0.361 e. The SMILES string of the molecule is CCOC(Br)C[N+](CC)(CC)CC. The number of nitrogens with zero attached hydrogens (tertiary/aromatic N) is 1. The van der Waals surface area contributed by atoms with Crippen LogP contribution in [0.1, 0.15) is 27.7 Å².